The smallest absolute Gasteiger partial charge is 0.221 e. The zero-order valence-corrected chi connectivity index (χ0v) is 19.0. The lowest BCUT2D eigenvalue weighted by Gasteiger charge is -2.28. The normalized spacial score (nSPS) is 19.6. The van der Waals surface area contributed by atoms with Crippen LogP contribution >= 0.6 is 0 Å². The Morgan fingerprint density at radius 1 is 1.23 bits per heavy atom. The summed E-state index contributed by atoms with van der Waals surface area (Å²) in [6.45, 7) is 10.9. The van der Waals surface area contributed by atoms with Gasteiger partial charge in [0, 0.05) is 37.3 Å². The van der Waals surface area contributed by atoms with Crippen molar-refractivity contribution < 1.29 is 24.9 Å². The molecule has 1 aliphatic rings. The summed E-state index contributed by atoms with van der Waals surface area (Å²) in [7, 11) is 0. The summed E-state index contributed by atoms with van der Waals surface area (Å²) in [6, 6.07) is 14.4. The van der Waals surface area contributed by atoms with E-state index in [1.165, 1.54) is 44.0 Å². The van der Waals surface area contributed by atoms with E-state index in [9.17, 15) is 9.90 Å². The van der Waals surface area contributed by atoms with E-state index in [1.54, 1.807) is 23.1 Å². The molecule has 0 saturated carbocycles. The molecule has 1 unspecified atom stereocenters. The maximum Gasteiger partial charge on any atom is 0.221 e. The highest BCUT2D eigenvalue weighted by molar-refractivity contribution is 5.90. The van der Waals surface area contributed by atoms with Crippen molar-refractivity contribution in [3.05, 3.63) is 53.6 Å². The Labute approximate surface area is 185 Å². The summed E-state index contributed by atoms with van der Waals surface area (Å²) in [5.41, 5.74) is 3.34. The van der Waals surface area contributed by atoms with Crippen LogP contribution in [0.15, 0.2) is 42.5 Å². The second kappa shape index (κ2) is 11.2. The molecule has 1 fully saturated rings. The number of quaternary nitrogens is 2. The van der Waals surface area contributed by atoms with Crippen molar-refractivity contribution in [2.24, 2.45) is 5.92 Å². The monoisotopic (exact) mass is 427 g/mol. The molecule has 1 aliphatic heterocycles. The fourth-order valence-electron chi connectivity index (χ4n) is 4.10. The standard InChI is InChI=1S/C25H35N3O3/c1-18-4-6-21(7-5-18)16-28-12-10-22(11-13-28)26-15-19(2)17-31-25-14-23(30)8-9-24(25)27-20(3)29/h4-9,14,19,22,26,30H,10-13,15-17H2,1-3H3,(H,27,29)/p+2. The van der Waals surface area contributed by atoms with Crippen LogP contribution in [-0.2, 0) is 11.3 Å². The lowest BCUT2D eigenvalue weighted by atomic mass is 10.0. The number of carbonyl (C=O) groups is 1. The van der Waals surface area contributed by atoms with Crippen LogP contribution in [0.3, 0.4) is 0 Å². The number of aryl methyl sites for hydroxylation is 1. The molecule has 2 aromatic carbocycles. The summed E-state index contributed by atoms with van der Waals surface area (Å²) >= 11 is 0. The van der Waals surface area contributed by atoms with Crippen LogP contribution in [0.2, 0.25) is 0 Å². The number of anilines is 1. The van der Waals surface area contributed by atoms with Crippen molar-refractivity contribution in [3.63, 3.8) is 0 Å². The Balaban J connectivity index is 1.38. The number of amides is 1. The number of phenols is 1. The lowest BCUT2D eigenvalue weighted by molar-refractivity contribution is -0.926. The highest BCUT2D eigenvalue weighted by Crippen LogP contribution is 2.29. The summed E-state index contributed by atoms with van der Waals surface area (Å²) in [4.78, 5) is 13.0. The van der Waals surface area contributed by atoms with Crippen molar-refractivity contribution in [1.82, 2.24) is 0 Å². The first-order valence-electron chi connectivity index (χ1n) is 11.3. The molecule has 1 atom stereocenters. The molecule has 0 bridgehead atoms. The molecule has 0 spiro atoms. The third-order valence-electron chi connectivity index (χ3n) is 5.98. The molecule has 31 heavy (non-hydrogen) atoms. The molecule has 0 aromatic heterocycles. The van der Waals surface area contributed by atoms with Gasteiger partial charge in [-0.1, -0.05) is 36.8 Å². The number of hydrogen-bond acceptors (Lipinski definition) is 3. The largest absolute Gasteiger partial charge is 0.508 e. The maximum atomic E-state index is 11.4. The van der Waals surface area contributed by atoms with Gasteiger partial charge in [0.15, 0.2) is 0 Å². The van der Waals surface area contributed by atoms with E-state index >= 15 is 0 Å². The van der Waals surface area contributed by atoms with E-state index in [0.29, 0.717) is 30.0 Å². The van der Waals surface area contributed by atoms with Gasteiger partial charge in [0.05, 0.1) is 38.0 Å². The minimum absolute atomic E-state index is 0.128. The van der Waals surface area contributed by atoms with Gasteiger partial charge in [-0.15, -0.1) is 0 Å². The van der Waals surface area contributed by atoms with Crippen LogP contribution in [0, 0.1) is 12.8 Å². The third kappa shape index (κ3) is 7.56. The van der Waals surface area contributed by atoms with Gasteiger partial charge in [0.2, 0.25) is 5.91 Å². The van der Waals surface area contributed by atoms with Gasteiger partial charge in [0.25, 0.3) is 0 Å². The van der Waals surface area contributed by atoms with E-state index in [1.807, 2.05) is 0 Å². The topological polar surface area (TPSA) is 79.6 Å². The number of phenolic OH excluding ortho intramolecular Hbond substituents is 1. The predicted octanol–water partition coefficient (Wildman–Crippen LogP) is 1.48. The Hall–Kier alpha value is -2.57. The highest BCUT2D eigenvalue weighted by atomic mass is 16.5. The van der Waals surface area contributed by atoms with E-state index < -0.39 is 0 Å². The zero-order chi connectivity index (χ0) is 22.2. The fraction of sp³-hybridized carbons (Fsp3) is 0.480. The molecule has 0 aliphatic carbocycles. The third-order valence-corrected chi connectivity index (χ3v) is 5.98. The Morgan fingerprint density at radius 3 is 2.61 bits per heavy atom. The lowest BCUT2D eigenvalue weighted by Crippen LogP contribution is -3.13. The average Bonchev–Trinajstić information content (AvgIpc) is 2.74. The van der Waals surface area contributed by atoms with Crippen molar-refractivity contribution in [1.29, 1.82) is 0 Å². The van der Waals surface area contributed by atoms with E-state index in [0.717, 1.165) is 13.1 Å². The second-order valence-electron chi connectivity index (χ2n) is 9.00. The second-order valence-corrected chi connectivity index (χ2v) is 9.00. The maximum absolute atomic E-state index is 11.4. The van der Waals surface area contributed by atoms with Crippen LogP contribution < -0.4 is 20.3 Å². The minimum atomic E-state index is -0.159. The summed E-state index contributed by atoms with van der Waals surface area (Å²) in [6.07, 6.45) is 2.49. The SMILES string of the molecule is CC(=O)Nc1ccc(O)cc1OCC(C)C[NH2+]C1CC[NH+](Cc2ccc(C)cc2)CC1. The summed E-state index contributed by atoms with van der Waals surface area (Å²) in [5, 5.41) is 14.9. The molecule has 6 heteroatoms. The summed E-state index contributed by atoms with van der Waals surface area (Å²) in [5.74, 6) is 0.844. The van der Waals surface area contributed by atoms with Gasteiger partial charge >= 0.3 is 0 Å². The van der Waals surface area contributed by atoms with Crippen molar-refractivity contribution in [2.75, 3.05) is 31.6 Å². The Kier molecular flexibility index (Phi) is 8.32. The van der Waals surface area contributed by atoms with Crippen molar-refractivity contribution >= 4 is 11.6 Å². The van der Waals surface area contributed by atoms with Gasteiger partial charge < -0.3 is 25.4 Å². The van der Waals surface area contributed by atoms with E-state index in [-0.39, 0.29) is 11.7 Å². The number of aromatic hydroxyl groups is 1. The van der Waals surface area contributed by atoms with Crippen LogP contribution in [0.5, 0.6) is 11.5 Å². The zero-order valence-electron chi connectivity index (χ0n) is 19.0. The van der Waals surface area contributed by atoms with Crippen LogP contribution in [-0.4, -0.2) is 43.3 Å². The Bertz CT molecular complexity index is 846. The van der Waals surface area contributed by atoms with E-state index in [4.69, 9.17) is 4.74 Å². The van der Waals surface area contributed by atoms with Gasteiger partial charge in [-0.05, 0) is 19.1 Å². The van der Waals surface area contributed by atoms with Gasteiger partial charge in [-0.2, -0.15) is 0 Å². The molecule has 168 valence electrons. The first-order chi connectivity index (χ1) is 14.9. The molecule has 2 aromatic rings. The Morgan fingerprint density at radius 2 is 1.94 bits per heavy atom. The number of hydrogen-bond donors (Lipinski definition) is 4. The number of nitrogens with one attached hydrogen (secondary N) is 2. The van der Waals surface area contributed by atoms with Gasteiger partial charge in [-0.3, -0.25) is 4.79 Å². The number of nitrogens with two attached hydrogens (primary N) is 1. The van der Waals surface area contributed by atoms with Crippen molar-refractivity contribution in [2.45, 2.75) is 46.2 Å². The van der Waals surface area contributed by atoms with Gasteiger partial charge in [-0.25, -0.2) is 0 Å². The summed E-state index contributed by atoms with van der Waals surface area (Å²) < 4.78 is 5.91. The molecule has 0 radical (unpaired) electrons. The molecular weight excluding hydrogens is 390 g/mol. The molecule has 5 N–H and O–H groups in total. The minimum Gasteiger partial charge on any atom is -0.508 e. The molecule has 6 nitrogen and oxygen atoms in total. The van der Waals surface area contributed by atoms with E-state index in [2.05, 4.69) is 48.7 Å². The van der Waals surface area contributed by atoms with Crippen LogP contribution in [0.1, 0.15) is 37.8 Å². The predicted molar refractivity (Wildman–Crippen MR) is 122 cm³/mol. The molecule has 1 heterocycles. The quantitative estimate of drug-likeness (QED) is 0.458. The number of ether oxygens (including phenoxy) is 1. The molecular formula is C25H37N3O3+2. The number of carbonyl (C=O) groups excluding carboxylic acids is 1. The first-order valence-corrected chi connectivity index (χ1v) is 11.3. The van der Waals surface area contributed by atoms with Crippen LogP contribution in [0.4, 0.5) is 5.69 Å². The highest BCUT2D eigenvalue weighted by Gasteiger charge is 2.25. The van der Waals surface area contributed by atoms with Crippen molar-refractivity contribution in [3.8, 4) is 11.5 Å². The molecule has 1 saturated heterocycles. The first kappa shape index (κ1) is 23.1. The molecule has 1 amide bonds. The number of piperidine rings is 1. The number of likely N-dealkylation sites (tertiary alicyclic amines) is 1. The van der Waals surface area contributed by atoms with Gasteiger partial charge in [0.1, 0.15) is 18.0 Å². The van der Waals surface area contributed by atoms with Crippen LogP contribution in [0.25, 0.3) is 0 Å². The number of benzene rings is 2. The average molecular weight is 428 g/mol. The number of rotatable bonds is 9. The fourth-order valence-corrected chi connectivity index (χ4v) is 4.10. The molecule has 3 rings (SSSR count).